The fourth-order valence-electron chi connectivity index (χ4n) is 5.03. The maximum atomic E-state index is 12.7. The number of benzene rings is 1. The number of esters is 2. The normalized spacial score (nSPS) is 20.8. The molecular formula is C24H30O4. The standard InChI is InChI=1S/C24H30O4/c1-5-17-13-18(12-16-10-8-7-9-11-16)19(6-2)21-15-24(14-20(17)21,22(25)27-3)23(26)28-4/h7-11,18H,5-6,12-15H2,1-4H3. The van der Waals surface area contributed by atoms with Crippen molar-refractivity contribution in [3.05, 3.63) is 58.2 Å². The summed E-state index contributed by atoms with van der Waals surface area (Å²) in [6, 6.07) is 10.5. The lowest BCUT2D eigenvalue weighted by molar-refractivity contribution is -0.168. The number of carbonyl (C=O) groups excluding carboxylic acids is 2. The highest BCUT2D eigenvalue weighted by atomic mass is 16.5. The number of hydrogen-bond acceptors (Lipinski definition) is 4. The first-order valence-electron chi connectivity index (χ1n) is 10.1. The van der Waals surface area contributed by atoms with Crippen LogP contribution in [0.3, 0.4) is 0 Å². The third kappa shape index (κ3) is 3.41. The minimum Gasteiger partial charge on any atom is -0.468 e. The second-order valence-electron chi connectivity index (χ2n) is 7.80. The molecule has 0 radical (unpaired) electrons. The van der Waals surface area contributed by atoms with Crippen molar-refractivity contribution in [3.63, 3.8) is 0 Å². The summed E-state index contributed by atoms with van der Waals surface area (Å²) in [5.74, 6) is -0.564. The molecular weight excluding hydrogens is 352 g/mol. The molecule has 1 atom stereocenters. The molecule has 4 nitrogen and oxygen atoms in total. The number of hydrogen-bond donors (Lipinski definition) is 0. The zero-order chi connectivity index (χ0) is 20.3. The molecule has 4 heteroatoms. The molecule has 1 unspecified atom stereocenters. The van der Waals surface area contributed by atoms with Crippen molar-refractivity contribution in [1.82, 2.24) is 0 Å². The third-order valence-corrected chi connectivity index (χ3v) is 6.41. The zero-order valence-corrected chi connectivity index (χ0v) is 17.3. The van der Waals surface area contributed by atoms with E-state index in [1.54, 1.807) is 0 Å². The van der Waals surface area contributed by atoms with Crippen molar-refractivity contribution in [2.24, 2.45) is 11.3 Å². The van der Waals surface area contributed by atoms with Gasteiger partial charge >= 0.3 is 11.9 Å². The van der Waals surface area contributed by atoms with Crippen molar-refractivity contribution in [2.75, 3.05) is 14.2 Å². The Kier molecular flexibility index (Phi) is 6.07. The van der Waals surface area contributed by atoms with Crippen LogP contribution in [0, 0.1) is 11.3 Å². The predicted molar refractivity (Wildman–Crippen MR) is 109 cm³/mol. The molecule has 2 aliphatic carbocycles. The number of carbonyl (C=O) groups is 2. The van der Waals surface area contributed by atoms with Gasteiger partial charge in [-0.15, -0.1) is 0 Å². The van der Waals surface area contributed by atoms with E-state index in [-0.39, 0.29) is 0 Å². The van der Waals surface area contributed by atoms with Crippen molar-refractivity contribution in [1.29, 1.82) is 0 Å². The summed E-state index contributed by atoms with van der Waals surface area (Å²) in [6.07, 6.45) is 4.61. The predicted octanol–water partition coefficient (Wildman–Crippen LogP) is 4.79. The van der Waals surface area contributed by atoms with Crippen LogP contribution in [0.25, 0.3) is 0 Å². The Hall–Kier alpha value is -2.36. The number of ether oxygens (including phenoxy) is 2. The zero-order valence-electron chi connectivity index (χ0n) is 17.3. The summed E-state index contributed by atoms with van der Waals surface area (Å²) in [4.78, 5) is 25.3. The van der Waals surface area contributed by atoms with Crippen molar-refractivity contribution >= 4 is 11.9 Å². The third-order valence-electron chi connectivity index (χ3n) is 6.41. The SMILES string of the molecule is CCC1=C2CC(C(=O)OC)(C(=O)OC)CC2=C(CC)C(Cc2ccccc2)C1. The maximum absolute atomic E-state index is 12.7. The van der Waals surface area contributed by atoms with Crippen LogP contribution in [0.4, 0.5) is 0 Å². The highest BCUT2D eigenvalue weighted by Crippen LogP contribution is 2.54. The molecule has 1 aromatic rings. The van der Waals surface area contributed by atoms with Gasteiger partial charge in [-0.25, -0.2) is 0 Å². The van der Waals surface area contributed by atoms with Crippen LogP contribution in [-0.2, 0) is 25.5 Å². The average Bonchev–Trinajstić information content (AvgIpc) is 3.14. The van der Waals surface area contributed by atoms with Crippen LogP contribution in [0.5, 0.6) is 0 Å². The first-order chi connectivity index (χ1) is 13.5. The van der Waals surface area contributed by atoms with E-state index in [4.69, 9.17) is 9.47 Å². The summed E-state index contributed by atoms with van der Waals surface area (Å²) in [5.41, 5.74) is 5.22. The molecule has 28 heavy (non-hydrogen) atoms. The fourth-order valence-corrected chi connectivity index (χ4v) is 5.03. The highest BCUT2D eigenvalue weighted by molar-refractivity contribution is 6.02. The van der Waals surface area contributed by atoms with Gasteiger partial charge in [0.25, 0.3) is 0 Å². The summed E-state index contributed by atoms with van der Waals surface area (Å²) in [5, 5.41) is 0. The molecule has 2 aliphatic rings. The fraction of sp³-hybridized carbons (Fsp3) is 0.500. The lowest BCUT2D eigenvalue weighted by atomic mass is 9.75. The summed E-state index contributed by atoms with van der Waals surface area (Å²) >= 11 is 0. The Labute approximate surface area is 167 Å². The Balaban J connectivity index is 2.06. The second-order valence-corrected chi connectivity index (χ2v) is 7.80. The molecule has 0 amide bonds. The van der Waals surface area contributed by atoms with Gasteiger partial charge in [0.2, 0.25) is 0 Å². The van der Waals surface area contributed by atoms with Gasteiger partial charge in [0.1, 0.15) is 0 Å². The van der Waals surface area contributed by atoms with E-state index in [0.29, 0.717) is 18.8 Å². The minimum atomic E-state index is -1.24. The van der Waals surface area contributed by atoms with Gasteiger partial charge in [0, 0.05) is 0 Å². The number of fused-ring (bicyclic) bond motifs is 1. The Morgan fingerprint density at radius 2 is 1.57 bits per heavy atom. The molecule has 0 bridgehead atoms. The van der Waals surface area contributed by atoms with Crippen molar-refractivity contribution in [3.8, 4) is 0 Å². The van der Waals surface area contributed by atoms with Gasteiger partial charge in [-0.3, -0.25) is 9.59 Å². The largest absolute Gasteiger partial charge is 0.468 e. The first-order valence-corrected chi connectivity index (χ1v) is 10.1. The molecule has 0 heterocycles. The van der Waals surface area contributed by atoms with Crippen LogP contribution >= 0.6 is 0 Å². The highest BCUT2D eigenvalue weighted by Gasteiger charge is 2.55. The van der Waals surface area contributed by atoms with Gasteiger partial charge in [-0.05, 0) is 61.2 Å². The van der Waals surface area contributed by atoms with E-state index in [9.17, 15) is 9.59 Å². The van der Waals surface area contributed by atoms with Gasteiger partial charge in [0.15, 0.2) is 5.41 Å². The van der Waals surface area contributed by atoms with Crippen molar-refractivity contribution in [2.45, 2.75) is 52.4 Å². The van der Waals surface area contributed by atoms with Crippen LogP contribution in [0.2, 0.25) is 0 Å². The molecule has 150 valence electrons. The molecule has 0 aliphatic heterocycles. The lowest BCUT2D eigenvalue weighted by Crippen LogP contribution is -2.38. The van der Waals surface area contributed by atoms with Crippen LogP contribution in [0.15, 0.2) is 52.6 Å². The van der Waals surface area contributed by atoms with E-state index in [1.807, 2.05) is 6.07 Å². The van der Waals surface area contributed by atoms with E-state index < -0.39 is 17.4 Å². The van der Waals surface area contributed by atoms with Gasteiger partial charge in [-0.1, -0.05) is 55.3 Å². The molecule has 1 saturated carbocycles. The quantitative estimate of drug-likeness (QED) is 0.524. The molecule has 0 aromatic heterocycles. The molecule has 3 rings (SSSR count). The summed E-state index contributed by atoms with van der Waals surface area (Å²) in [7, 11) is 2.69. The first kappa shape index (κ1) is 20.4. The number of allylic oxidation sites excluding steroid dienone is 4. The number of methoxy groups -OCH3 is 2. The molecule has 0 saturated heterocycles. The van der Waals surface area contributed by atoms with Crippen LogP contribution in [-0.4, -0.2) is 26.2 Å². The van der Waals surface area contributed by atoms with E-state index >= 15 is 0 Å². The summed E-state index contributed by atoms with van der Waals surface area (Å²) < 4.78 is 10.1. The molecule has 0 spiro atoms. The van der Waals surface area contributed by atoms with E-state index in [0.717, 1.165) is 25.7 Å². The minimum absolute atomic E-state index is 0.389. The molecule has 1 fully saturated rings. The van der Waals surface area contributed by atoms with Crippen LogP contribution in [0.1, 0.15) is 51.5 Å². The van der Waals surface area contributed by atoms with Gasteiger partial charge in [0.05, 0.1) is 14.2 Å². The Bertz CT molecular complexity index is 800. The average molecular weight is 383 g/mol. The summed E-state index contributed by atoms with van der Waals surface area (Å²) in [6.45, 7) is 4.33. The van der Waals surface area contributed by atoms with Crippen molar-refractivity contribution < 1.29 is 19.1 Å². The van der Waals surface area contributed by atoms with E-state index in [1.165, 1.54) is 42.1 Å². The van der Waals surface area contributed by atoms with Gasteiger partial charge in [-0.2, -0.15) is 0 Å². The lowest BCUT2D eigenvalue weighted by Gasteiger charge is -2.30. The monoisotopic (exact) mass is 382 g/mol. The second kappa shape index (κ2) is 8.34. The molecule has 1 aromatic carbocycles. The number of rotatable bonds is 6. The molecule has 0 N–H and O–H groups in total. The topological polar surface area (TPSA) is 52.6 Å². The van der Waals surface area contributed by atoms with Crippen LogP contribution < -0.4 is 0 Å². The van der Waals surface area contributed by atoms with E-state index in [2.05, 4.69) is 38.1 Å². The maximum Gasteiger partial charge on any atom is 0.323 e. The Morgan fingerprint density at radius 3 is 2.11 bits per heavy atom. The van der Waals surface area contributed by atoms with Gasteiger partial charge < -0.3 is 9.47 Å². The Morgan fingerprint density at radius 1 is 0.964 bits per heavy atom. The smallest absolute Gasteiger partial charge is 0.323 e.